The van der Waals surface area contributed by atoms with Gasteiger partial charge in [0, 0.05) is 16.1 Å². The standard InChI is InChI=1S/C22H20ClN3O3/c1-12-19(14-9-17(27-2)21(29-4)18(10-14)28-3)16(11-24)22(25)26-20(12)13-6-5-7-15(23)8-13/h5-10H,1-4H3,(H2,25,26). The van der Waals surface area contributed by atoms with Crippen molar-refractivity contribution in [1.82, 2.24) is 4.98 Å². The molecule has 148 valence electrons. The molecule has 1 heterocycles. The van der Waals surface area contributed by atoms with Crippen LogP contribution in [0.2, 0.25) is 5.02 Å². The van der Waals surface area contributed by atoms with Gasteiger partial charge in [0.25, 0.3) is 0 Å². The van der Waals surface area contributed by atoms with Crippen LogP contribution in [-0.2, 0) is 0 Å². The number of hydrogen-bond donors (Lipinski definition) is 1. The van der Waals surface area contributed by atoms with Crippen LogP contribution in [0.3, 0.4) is 0 Å². The third kappa shape index (κ3) is 3.65. The Kier molecular flexibility index (Phi) is 5.81. The molecule has 1 aromatic heterocycles. The minimum absolute atomic E-state index is 0.136. The Morgan fingerprint density at radius 1 is 1.00 bits per heavy atom. The molecule has 0 bridgehead atoms. The fourth-order valence-electron chi connectivity index (χ4n) is 3.31. The maximum absolute atomic E-state index is 9.77. The lowest BCUT2D eigenvalue weighted by Gasteiger charge is -2.18. The third-order valence-electron chi connectivity index (χ3n) is 4.63. The zero-order valence-corrected chi connectivity index (χ0v) is 17.3. The number of methoxy groups -OCH3 is 3. The van der Waals surface area contributed by atoms with Crippen molar-refractivity contribution in [3.05, 3.63) is 52.5 Å². The van der Waals surface area contributed by atoms with E-state index in [1.807, 2.05) is 19.1 Å². The van der Waals surface area contributed by atoms with E-state index in [9.17, 15) is 5.26 Å². The van der Waals surface area contributed by atoms with Gasteiger partial charge in [-0.1, -0.05) is 23.7 Å². The second-order valence-electron chi connectivity index (χ2n) is 6.26. The molecular weight excluding hydrogens is 390 g/mol. The van der Waals surface area contributed by atoms with E-state index in [4.69, 9.17) is 31.5 Å². The van der Waals surface area contributed by atoms with Gasteiger partial charge in [-0.15, -0.1) is 0 Å². The summed E-state index contributed by atoms with van der Waals surface area (Å²) in [5, 5.41) is 10.4. The highest BCUT2D eigenvalue weighted by Crippen LogP contribution is 2.44. The van der Waals surface area contributed by atoms with Gasteiger partial charge in [0.1, 0.15) is 17.5 Å². The first-order valence-corrected chi connectivity index (χ1v) is 9.09. The van der Waals surface area contributed by atoms with Crippen molar-refractivity contribution in [2.45, 2.75) is 6.92 Å². The van der Waals surface area contributed by atoms with E-state index in [0.29, 0.717) is 39.1 Å². The number of hydrogen-bond acceptors (Lipinski definition) is 6. The lowest BCUT2D eigenvalue weighted by molar-refractivity contribution is 0.324. The van der Waals surface area contributed by atoms with E-state index in [-0.39, 0.29) is 11.4 Å². The average Bonchev–Trinajstić information content (AvgIpc) is 2.73. The summed E-state index contributed by atoms with van der Waals surface area (Å²) in [5.41, 5.74) is 10.0. The van der Waals surface area contributed by atoms with Gasteiger partial charge in [0.2, 0.25) is 5.75 Å². The number of nitrogens with zero attached hydrogens (tertiary/aromatic N) is 2. The summed E-state index contributed by atoms with van der Waals surface area (Å²) in [6.45, 7) is 1.89. The molecule has 0 saturated carbocycles. The van der Waals surface area contributed by atoms with E-state index < -0.39 is 0 Å². The summed E-state index contributed by atoms with van der Waals surface area (Å²) in [4.78, 5) is 4.47. The maximum atomic E-state index is 9.77. The first-order chi connectivity index (χ1) is 13.9. The van der Waals surface area contributed by atoms with Crippen molar-refractivity contribution in [2.24, 2.45) is 0 Å². The van der Waals surface area contributed by atoms with Gasteiger partial charge in [-0.05, 0) is 42.3 Å². The van der Waals surface area contributed by atoms with Crippen LogP contribution in [0.15, 0.2) is 36.4 Å². The Labute approximate surface area is 174 Å². The van der Waals surface area contributed by atoms with Crippen LogP contribution in [0.25, 0.3) is 22.4 Å². The summed E-state index contributed by atoms with van der Waals surface area (Å²) < 4.78 is 16.3. The van der Waals surface area contributed by atoms with Crippen LogP contribution in [0.4, 0.5) is 5.82 Å². The molecule has 0 aliphatic rings. The maximum Gasteiger partial charge on any atom is 0.203 e. The van der Waals surface area contributed by atoms with E-state index in [1.165, 1.54) is 21.3 Å². The number of benzene rings is 2. The predicted molar refractivity (Wildman–Crippen MR) is 114 cm³/mol. The minimum Gasteiger partial charge on any atom is -0.493 e. The van der Waals surface area contributed by atoms with Crippen molar-refractivity contribution in [1.29, 1.82) is 5.26 Å². The molecule has 0 amide bonds. The number of anilines is 1. The van der Waals surface area contributed by atoms with Crippen LogP contribution >= 0.6 is 11.6 Å². The number of pyridine rings is 1. The molecule has 0 aliphatic heterocycles. The van der Waals surface area contributed by atoms with Gasteiger partial charge in [0.15, 0.2) is 11.5 Å². The highest BCUT2D eigenvalue weighted by Gasteiger charge is 2.22. The summed E-state index contributed by atoms with van der Waals surface area (Å²) in [7, 11) is 4.61. The second kappa shape index (κ2) is 8.29. The number of ether oxygens (including phenoxy) is 3. The molecule has 2 aromatic carbocycles. The number of rotatable bonds is 5. The normalized spacial score (nSPS) is 10.3. The lowest BCUT2D eigenvalue weighted by Crippen LogP contribution is -2.04. The Hall–Kier alpha value is -3.43. The Balaban J connectivity index is 2.36. The van der Waals surface area contributed by atoms with Gasteiger partial charge in [0.05, 0.1) is 27.0 Å². The number of nitrogen functional groups attached to an aromatic ring is 1. The Morgan fingerprint density at radius 3 is 2.17 bits per heavy atom. The highest BCUT2D eigenvalue weighted by atomic mass is 35.5. The first kappa shape index (κ1) is 20.3. The smallest absolute Gasteiger partial charge is 0.203 e. The zero-order valence-electron chi connectivity index (χ0n) is 16.5. The van der Waals surface area contributed by atoms with Gasteiger partial charge < -0.3 is 19.9 Å². The van der Waals surface area contributed by atoms with Crippen LogP contribution in [0.5, 0.6) is 17.2 Å². The van der Waals surface area contributed by atoms with Crippen molar-refractivity contribution in [2.75, 3.05) is 27.1 Å². The molecule has 3 rings (SSSR count). The van der Waals surface area contributed by atoms with Gasteiger partial charge in [-0.2, -0.15) is 5.26 Å². The quantitative estimate of drug-likeness (QED) is 0.647. The van der Waals surface area contributed by atoms with Crippen molar-refractivity contribution in [3.63, 3.8) is 0 Å². The molecular formula is C22H20ClN3O3. The van der Waals surface area contributed by atoms with E-state index in [1.54, 1.807) is 24.3 Å². The Bertz CT molecular complexity index is 1100. The zero-order chi connectivity index (χ0) is 21.1. The van der Waals surface area contributed by atoms with Crippen LogP contribution < -0.4 is 19.9 Å². The van der Waals surface area contributed by atoms with Gasteiger partial charge in [-0.25, -0.2) is 4.98 Å². The van der Waals surface area contributed by atoms with Gasteiger partial charge >= 0.3 is 0 Å². The summed E-state index contributed by atoms with van der Waals surface area (Å²) in [6.07, 6.45) is 0. The summed E-state index contributed by atoms with van der Waals surface area (Å²) in [6, 6.07) is 13.1. The fourth-order valence-corrected chi connectivity index (χ4v) is 3.50. The fraction of sp³-hybridized carbons (Fsp3) is 0.182. The molecule has 29 heavy (non-hydrogen) atoms. The van der Waals surface area contributed by atoms with Crippen molar-refractivity contribution >= 4 is 17.4 Å². The largest absolute Gasteiger partial charge is 0.493 e. The molecule has 0 atom stereocenters. The molecule has 0 unspecified atom stereocenters. The number of aromatic nitrogens is 1. The Morgan fingerprint density at radius 2 is 1.66 bits per heavy atom. The van der Waals surface area contributed by atoms with Gasteiger partial charge in [-0.3, -0.25) is 0 Å². The molecule has 2 N–H and O–H groups in total. The topological polar surface area (TPSA) is 90.4 Å². The highest BCUT2D eigenvalue weighted by molar-refractivity contribution is 6.30. The third-order valence-corrected chi connectivity index (χ3v) is 4.87. The predicted octanol–water partition coefficient (Wildman–Crippen LogP) is 4.86. The molecule has 6 nitrogen and oxygen atoms in total. The molecule has 0 fully saturated rings. The van der Waals surface area contributed by atoms with Crippen LogP contribution in [0, 0.1) is 18.3 Å². The van der Waals surface area contributed by atoms with Crippen LogP contribution in [0.1, 0.15) is 11.1 Å². The average molecular weight is 410 g/mol. The second-order valence-corrected chi connectivity index (χ2v) is 6.69. The van der Waals surface area contributed by atoms with Crippen LogP contribution in [-0.4, -0.2) is 26.3 Å². The molecule has 0 spiro atoms. The first-order valence-electron chi connectivity index (χ1n) is 8.71. The number of nitrogens with two attached hydrogens (primary N) is 1. The number of halogens is 1. The van der Waals surface area contributed by atoms with E-state index in [2.05, 4.69) is 11.1 Å². The van der Waals surface area contributed by atoms with E-state index in [0.717, 1.165) is 11.1 Å². The molecule has 3 aromatic rings. The monoisotopic (exact) mass is 409 g/mol. The van der Waals surface area contributed by atoms with Crippen molar-refractivity contribution < 1.29 is 14.2 Å². The molecule has 7 heteroatoms. The number of nitriles is 1. The molecule has 0 radical (unpaired) electrons. The molecule has 0 aliphatic carbocycles. The molecule has 0 saturated heterocycles. The lowest BCUT2D eigenvalue weighted by atomic mass is 9.92. The van der Waals surface area contributed by atoms with E-state index >= 15 is 0 Å². The van der Waals surface area contributed by atoms with Crippen molar-refractivity contribution in [3.8, 4) is 45.7 Å². The SMILES string of the molecule is COc1cc(-c2c(C)c(-c3cccc(Cl)c3)nc(N)c2C#N)cc(OC)c1OC. The minimum atomic E-state index is 0.136. The summed E-state index contributed by atoms with van der Waals surface area (Å²) in [5.74, 6) is 1.55. The summed E-state index contributed by atoms with van der Waals surface area (Å²) >= 11 is 6.16.